The summed E-state index contributed by atoms with van der Waals surface area (Å²) in [7, 11) is 5.74. The molecule has 3 aliphatic heterocycles. The van der Waals surface area contributed by atoms with Crippen LogP contribution in [0, 0.1) is 23.7 Å². The first-order chi connectivity index (χ1) is 49.9. The maximum Gasteiger partial charge on any atom is 0.411 e. The van der Waals surface area contributed by atoms with Gasteiger partial charge in [0.15, 0.2) is 5.72 Å². The summed E-state index contributed by atoms with van der Waals surface area (Å²) in [6.45, 7) is 15.1. The molecule has 6 aliphatic rings. The Hall–Kier alpha value is -7.14. The van der Waals surface area contributed by atoms with Crippen molar-refractivity contribution in [2.45, 2.75) is 197 Å². The first kappa shape index (κ1) is 80.4. The summed E-state index contributed by atoms with van der Waals surface area (Å²) in [5.41, 5.74) is 1.31. The van der Waals surface area contributed by atoms with Crippen LogP contribution < -0.4 is 20.3 Å². The Balaban J connectivity index is 0.737. The fraction of sp³-hybridized carbons (Fsp3) is 0.597. The van der Waals surface area contributed by atoms with Crippen LogP contribution in [0.1, 0.15) is 151 Å². The van der Waals surface area contributed by atoms with Gasteiger partial charge in [-0.3, -0.25) is 24.5 Å². The summed E-state index contributed by atoms with van der Waals surface area (Å²) in [5, 5.41) is 38.9. The number of amides is 5. The molecule has 2 saturated carbocycles. The number of allylic oxidation sites excluding steroid dienone is 3. The van der Waals surface area contributed by atoms with E-state index in [9.17, 15) is 39.0 Å². The summed E-state index contributed by atoms with van der Waals surface area (Å²) in [6.07, 6.45) is 6.85. The molecule has 10 rings (SSSR count). The monoisotopic (exact) mass is 1510 g/mol. The van der Waals surface area contributed by atoms with Gasteiger partial charge < -0.3 is 68.1 Å². The van der Waals surface area contributed by atoms with Gasteiger partial charge in [0.2, 0.25) is 28.6 Å². The Kier molecular flexibility index (Phi) is 26.3. The van der Waals surface area contributed by atoms with E-state index in [1.165, 1.54) is 58.0 Å². The van der Waals surface area contributed by atoms with Crippen LogP contribution in [-0.2, 0) is 90.1 Å². The van der Waals surface area contributed by atoms with Crippen molar-refractivity contribution in [2.75, 3.05) is 78.5 Å². The lowest BCUT2D eigenvalue weighted by Crippen LogP contribution is -2.68. The zero-order chi connectivity index (χ0) is 75.8. The molecule has 2 saturated heterocycles. The first-order valence-electron chi connectivity index (χ1n) is 36.3. The van der Waals surface area contributed by atoms with Crippen LogP contribution in [0.3, 0.4) is 0 Å². The standard InChI is InChI=1S/C77H102Cl2N8O17S/c1-47-16-15-17-62(98-11)76(95)46-77(96,104-72(94)81-76)48(2)67-74(7,103-67)63(43-65(89)85(9)60-41-51(40-47)42-61(97-10)66(60)79)102-68(90)49(3)84(8)64(88)30-39-105-69(91)52-20-18-50(19-21-52)44-86(70(92)75(31-13-12-14-32-75)53-22-24-54(78)25-23-53)33-35-99-37-38-100-36-34-87-59-29-27-56-55(26-28-58(59)82-83-87)57(56)45-101-71(93)80-73(4,5)6/h15-25,41-42,48-49,55-57,62-63,67,95-96H,12-14,26-40,43-46H2,1-11H3,(H,80,93)(H,81,94)/b17-15+,47-16+/t48-,49-,55+,56-,57-,62+,63-,67-,74-,76-,77-/m0/s1. The SMILES string of the molecule is COc1cc2cc(c1Cl)N(C)C(=O)C[C@H](OC(=O)[C@H](C)N(C)C(=O)CCSC(=O)c1ccc(CN(CCOCCOCCn3nnc4c3CC[C@H]3[C@@H](CC4)[C@@H]3COC(=O)NC(C)(C)C)C(=O)C3(c4ccc(Cl)cc4)CCCCC3)cc1)[C@]1(C)O[C@H]1[C@H](C)[C@]1(O)C[C@@](O)(NC(=O)O1)[C@H](OC)/C=C/C=C(\C)C2. The number of carbonyl (C=O) groups excluding carboxylic acids is 7. The number of carbonyl (C=O) groups is 7. The van der Waals surface area contributed by atoms with Gasteiger partial charge in [-0.15, -0.1) is 5.10 Å². The number of esters is 1. The van der Waals surface area contributed by atoms with E-state index in [-0.39, 0.29) is 53.0 Å². The molecular weight excluding hydrogens is 1410 g/mol. The molecule has 25 nitrogen and oxygen atoms in total. The normalized spacial score (nSPS) is 26.9. The Morgan fingerprint density at radius 2 is 1.63 bits per heavy atom. The second-order valence-electron chi connectivity index (χ2n) is 30.0. The number of thioether (sulfide) groups is 1. The molecule has 28 heteroatoms. The van der Waals surface area contributed by atoms with Gasteiger partial charge in [0.1, 0.15) is 34.6 Å². The van der Waals surface area contributed by atoms with Crippen molar-refractivity contribution in [1.29, 1.82) is 0 Å². The number of ether oxygens (including phenoxy) is 8. The van der Waals surface area contributed by atoms with Gasteiger partial charge in [0.25, 0.3) is 0 Å². The van der Waals surface area contributed by atoms with E-state index in [4.69, 9.17) is 61.1 Å². The highest BCUT2D eigenvalue weighted by molar-refractivity contribution is 8.14. The number of likely N-dealkylation sites (N-methyl/N-ethyl adjacent to an activating group) is 1. The number of hydrogen-bond acceptors (Lipinski definition) is 20. The molecule has 0 spiro atoms. The highest BCUT2D eigenvalue weighted by Gasteiger charge is 2.68. The van der Waals surface area contributed by atoms with E-state index >= 15 is 4.79 Å². The number of fused-ring (bicyclic) bond motifs is 7. The van der Waals surface area contributed by atoms with Crippen LogP contribution in [-0.4, -0.2) is 197 Å². The topological polar surface area (TPSA) is 302 Å². The van der Waals surface area contributed by atoms with Crippen molar-refractivity contribution in [1.82, 2.24) is 35.4 Å². The van der Waals surface area contributed by atoms with Gasteiger partial charge in [0.05, 0.1) is 94.0 Å². The number of aliphatic hydroxyl groups is 2. The number of aryl methyl sites for hydroxylation is 1. The molecule has 4 bridgehead atoms. The zero-order valence-corrected chi connectivity index (χ0v) is 64.4. The number of nitrogens with one attached hydrogen (secondary N) is 2. The van der Waals surface area contributed by atoms with Gasteiger partial charge in [-0.05, 0) is 145 Å². The number of methoxy groups -OCH3 is 2. The number of benzene rings is 3. The lowest BCUT2D eigenvalue weighted by molar-refractivity contribution is -0.267. The van der Waals surface area contributed by atoms with Crippen molar-refractivity contribution in [3.63, 3.8) is 0 Å². The highest BCUT2D eigenvalue weighted by Crippen LogP contribution is 2.54. The third-order valence-corrected chi connectivity index (χ3v) is 23.2. The molecule has 4 aromatic rings. The van der Waals surface area contributed by atoms with E-state index in [2.05, 4.69) is 20.9 Å². The molecule has 1 aromatic heterocycles. The molecule has 0 unspecified atom stereocenters. The summed E-state index contributed by atoms with van der Waals surface area (Å²) < 4.78 is 49.0. The maximum atomic E-state index is 15.2. The van der Waals surface area contributed by atoms with Crippen molar-refractivity contribution >= 4 is 81.6 Å². The summed E-state index contributed by atoms with van der Waals surface area (Å²) in [6, 6.07) is 16.9. The van der Waals surface area contributed by atoms with E-state index < -0.39 is 89.5 Å². The Bertz CT molecular complexity index is 3850. The number of nitrogens with zero attached hydrogens (tertiary/aromatic N) is 6. The minimum atomic E-state index is -2.37. The van der Waals surface area contributed by atoms with E-state index in [1.807, 2.05) is 73.7 Å². The molecule has 105 heavy (non-hydrogen) atoms. The smallest absolute Gasteiger partial charge is 0.411 e. The van der Waals surface area contributed by atoms with Gasteiger partial charge in [0, 0.05) is 62.6 Å². The van der Waals surface area contributed by atoms with Crippen LogP contribution in [0.2, 0.25) is 10.0 Å². The maximum absolute atomic E-state index is 15.2. The number of anilines is 1. The molecule has 0 radical (unpaired) electrons. The average Bonchev–Trinajstić information content (AvgIpc) is 1.58. The molecule has 4 fully saturated rings. The fourth-order valence-electron chi connectivity index (χ4n) is 15.2. The van der Waals surface area contributed by atoms with E-state index in [1.54, 1.807) is 43.3 Å². The predicted molar refractivity (Wildman–Crippen MR) is 395 cm³/mol. The quantitative estimate of drug-likeness (QED) is 0.0219. The molecule has 4 heterocycles. The minimum Gasteiger partial charge on any atom is -0.495 e. The van der Waals surface area contributed by atoms with E-state index in [0.717, 1.165) is 90.4 Å². The second-order valence-corrected chi connectivity index (χ2v) is 31.9. The van der Waals surface area contributed by atoms with Gasteiger partial charge in [-0.25, -0.2) is 19.1 Å². The second kappa shape index (κ2) is 34.4. The largest absolute Gasteiger partial charge is 0.495 e. The van der Waals surface area contributed by atoms with Crippen LogP contribution in [0.15, 0.2) is 84.5 Å². The lowest BCUT2D eigenvalue weighted by Gasteiger charge is -2.46. The third kappa shape index (κ3) is 19.4. The zero-order valence-electron chi connectivity index (χ0n) is 62.0. The summed E-state index contributed by atoms with van der Waals surface area (Å²) in [5.74, 6) is -3.67. The molecule has 4 N–H and O–H groups in total. The molecule has 572 valence electrons. The van der Waals surface area contributed by atoms with Crippen LogP contribution in [0.4, 0.5) is 15.3 Å². The highest BCUT2D eigenvalue weighted by atomic mass is 35.5. The van der Waals surface area contributed by atoms with E-state index in [0.29, 0.717) is 98.6 Å². The van der Waals surface area contributed by atoms with Crippen LogP contribution in [0.25, 0.3) is 0 Å². The average molecular weight is 1510 g/mol. The Morgan fingerprint density at radius 3 is 2.31 bits per heavy atom. The van der Waals surface area contributed by atoms with Crippen molar-refractivity contribution in [3.8, 4) is 5.75 Å². The van der Waals surface area contributed by atoms with Crippen LogP contribution >= 0.6 is 35.0 Å². The number of rotatable bonds is 24. The minimum absolute atomic E-state index is 0.00938. The van der Waals surface area contributed by atoms with Gasteiger partial charge in [-0.1, -0.05) is 127 Å². The first-order valence-corrected chi connectivity index (χ1v) is 38.1. The van der Waals surface area contributed by atoms with Gasteiger partial charge in [-0.2, -0.15) is 0 Å². The molecule has 11 atom stereocenters. The third-order valence-electron chi connectivity index (χ3n) is 21.6. The summed E-state index contributed by atoms with van der Waals surface area (Å²) in [4.78, 5) is 102. The number of alkyl carbamates (subject to hydrolysis) is 2. The molecular formula is C77H102Cl2N8O17S. The van der Waals surface area contributed by atoms with Crippen molar-refractivity contribution in [3.05, 3.63) is 128 Å². The summed E-state index contributed by atoms with van der Waals surface area (Å²) >= 11 is 14.2. The predicted octanol–water partition coefficient (Wildman–Crippen LogP) is 10.3. The lowest BCUT2D eigenvalue weighted by atomic mass is 9.68. The number of epoxide rings is 1. The van der Waals surface area contributed by atoms with Crippen molar-refractivity contribution in [2.24, 2.45) is 23.7 Å². The molecule has 5 amide bonds. The Labute approximate surface area is 629 Å². The molecule has 3 aromatic carbocycles. The van der Waals surface area contributed by atoms with Crippen molar-refractivity contribution < 1.29 is 81.7 Å². The fourth-order valence-corrected chi connectivity index (χ4v) is 16.4. The number of hydrogen-bond donors (Lipinski definition) is 4. The number of aromatic nitrogens is 3. The Morgan fingerprint density at radius 1 is 0.933 bits per heavy atom. The van der Waals surface area contributed by atoms with Gasteiger partial charge >= 0.3 is 18.2 Å². The van der Waals surface area contributed by atoms with Crippen LogP contribution in [0.5, 0.6) is 5.75 Å². The number of halogens is 2. The molecule has 3 aliphatic carbocycles.